The molecule has 5 nitrogen and oxygen atoms in total. The van der Waals surface area contributed by atoms with E-state index in [-0.39, 0.29) is 5.54 Å². The molecule has 1 aromatic rings. The fourth-order valence-electron chi connectivity index (χ4n) is 3.78. The molecule has 146 valence electrons. The number of piperazine rings is 1. The van der Waals surface area contributed by atoms with Gasteiger partial charge in [-0.3, -0.25) is 4.90 Å². The molecule has 1 atom stereocenters. The van der Waals surface area contributed by atoms with Crippen LogP contribution in [0.3, 0.4) is 0 Å². The van der Waals surface area contributed by atoms with Crippen molar-refractivity contribution < 1.29 is 9.90 Å². The number of hydrogen-bond acceptors (Lipinski definition) is 4. The van der Waals surface area contributed by atoms with Crippen molar-refractivity contribution in [2.24, 2.45) is 0 Å². The van der Waals surface area contributed by atoms with Crippen molar-refractivity contribution in [3.8, 4) is 0 Å². The first-order valence-corrected chi connectivity index (χ1v) is 9.79. The smallest absolute Gasteiger partial charge is 0.141 e. The highest BCUT2D eigenvalue weighted by Gasteiger charge is 2.30. The summed E-state index contributed by atoms with van der Waals surface area (Å²) in [6.45, 7) is 13.8. The minimum atomic E-state index is -1.17. The topological polar surface area (TPSA) is 49.9 Å². The average molecular weight is 381 g/mol. The minimum Gasteiger partial charge on any atom is -0.530 e. The zero-order valence-corrected chi connectivity index (χ0v) is 17.1. The molecule has 0 N–H and O–H groups in total. The molecule has 0 aromatic heterocycles. The Kier molecular flexibility index (Phi) is 7.33. The summed E-state index contributed by atoms with van der Waals surface area (Å²) < 4.78 is 0. The Hall–Kier alpha value is -1.30. The van der Waals surface area contributed by atoms with Crippen molar-refractivity contribution in [2.45, 2.75) is 52.1 Å². The number of halogens is 1. The maximum atomic E-state index is 11.4. The predicted molar refractivity (Wildman–Crippen MR) is 106 cm³/mol. The van der Waals surface area contributed by atoms with Crippen LogP contribution in [0.4, 0.5) is 10.5 Å². The number of nitrogens with zero attached hydrogens (tertiary/aromatic N) is 3. The highest BCUT2D eigenvalue weighted by atomic mass is 35.5. The van der Waals surface area contributed by atoms with E-state index in [4.69, 9.17) is 11.6 Å². The van der Waals surface area contributed by atoms with Crippen LogP contribution in [-0.2, 0) is 0 Å². The molecule has 6 heteroatoms. The number of carbonyl (C=O) groups is 1. The van der Waals surface area contributed by atoms with E-state index in [0.29, 0.717) is 23.3 Å². The SMILES string of the molecule is CC1CN(CCCCN(C(=O)[O-])c2ccc(Cl)cc2)CCN1C(C)(C)C. The van der Waals surface area contributed by atoms with Gasteiger partial charge in [-0.2, -0.15) is 0 Å². The summed E-state index contributed by atoms with van der Waals surface area (Å²) in [6.07, 6.45) is 0.615. The second-order valence-corrected chi connectivity index (χ2v) is 8.55. The maximum Gasteiger partial charge on any atom is 0.141 e. The molecule has 1 aromatic carbocycles. The molecule has 1 amide bonds. The molecule has 0 aliphatic carbocycles. The fraction of sp³-hybridized carbons (Fsp3) is 0.650. The van der Waals surface area contributed by atoms with Crippen LogP contribution in [0.15, 0.2) is 24.3 Å². The van der Waals surface area contributed by atoms with Crippen molar-refractivity contribution in [1.82, 2.24) is 9.80 Å². The summed E-state index contributed by atoms with van der Waals surface area (Å²) in [5, 5.41) is 12.0. The summed E-state index contributed by atoms with van der Waals surface area (Å²) in [5.74, 6) is 0. The third kappa shape index (κ3) is 5.86. The van der Waals surface area contributed by atoms with Gasteiger partial charge in [-0.05, 0) is 71.3 Å². The third-order valence-electron chi connectivity index (χ3n) is 5.04. The maximum absolute atomic E-state index is 11.4. The Balaban J connectivity index is 1.77. The second kappa shape index (κ2) is 9.07. The van der Waals surface area contributed by atoms with E-state index in [0.717, 1.165) is 39.0 Å². The molecule has 1 aliphatic rings. The average Bonchev–Trinajstić information content (AvgIpc) is 2.54. The highest BCUT2D eigenvalue weighted by Crippen LogP contribution is 2.21. The van der Waals surface area contributed by atoms with E-state index in [1.165, 1.54) is 4.90 Å². The first kappa shape index (κ1) is 21.0. The lowest BCUT2D eigenvalue weighted by Crippen LogP contribution is -2.58. The van der Waals surface area contributed by atoms with E-state index in [1.54, 1.807) is 24.3 Å². The summed E-state index contributed by atoms with van der Waals surface area (Å²) in [6, 6.07) is 7.36. The summed E-state index contributed by atoms with van der Waals surface area (Å²) in [7, 11) is 0. The van der Waals surface area contributed by atoms with Crippen molar-refractivity contribution in [3.05, 3.63) is 29.3 Å². The molecule has 0 spiro atoms. The van der Waals surface area contributed by atoms with E-state index in [2.05, 4.69) is 37.5 Å². The molecular formula is C20H31ClN3O2-. The zero-order chi connectivity index (χ0) is 19.3. The van der Waals surface area contributed by atoms with E-state index in [9.17, 15) is 9.90 Å². The van der Waals surface area contributed by atoms with Crippen molar-refractivity contribution in [3.63, 3.8) is 0 Å². The fourth-order valence-corrected chi connectivity index (χ4v) is 3.91. The van der Waals surface area contributed by atoms with Gasteiger partial charge in [-0.1, -0.05) is 11.6 Å². The van der Waals surface area contributed by atoms with E-state index < -0.39 is 6.09 Å². The van der Waals surface area contributed by atoms with Crippen molar-refractivity contribution in [2.75, 3.05) is 37.6 Å². The summed E-state index contributed by atoms with van der Waals surface area (Å²) >= 11 is 5.87. The van der Waals surface area contributed by atoms with Crippen LogP contribution >= 0.6 is 11.6 Å². The first-order valence-electron chi connectivity index (χ1n) is 9.41. The number of unbranched alkanes of at least 4 members (excludes halogenated alkanes) is 1. The van der Waals surface area contributed by atoms with E-state index in [1.807, 2.05) is 0 Å². The molecule has 1 saturated heterocycles. The van der Waals surface area contributed by atoms with Gasteiger partial charge in [0.25, 0.3) is 0 Å². The molecule has 0 radical (unpaired) electrons. The van der Waals surface area contributed by atoms with Crippen LogP contribution in [0, 0.1) is 0 Å². The van der Waals surface area contributed by atoms with Crippen LogP contribution < -0.4 is 10.0 Å². The quantitative estimate of drug-likeness (QED) is 0.711. The molecule has 1 aliphatic heterocycles. The summed E-state index contributed by atoms with van der Waals surface area (Å²) in [4.78, 5) is 17.7. The third-order valence-corrected chi connectivity index (χ3v) is 5.29. The zero-order valence-electron chi connectivity index (χ0n) is 16.4. The lowest BCUT2D eigenvalue weighted by molar-refractivity contribution is -0.246. The number of carbonyl (C=O) groups excluding carboxylic acids is 1. The van der Waals surface area contributed by atoms with Crippen LogP contribution in [-0.4, -0.2) is 60.2 Å². The van der Waals surface area contributed by atoms with Crippen LogP contribution in [0.25, 0.3) is 0 Å². The van der Waals surface area contributed by atoms with Gasteiger partial charge in [-0.15, -0.1) is 0 Å². The molecule has 0 saturated carbocycles. The first-order chi connectivity index (χ1) is 12.2. The standard InChI is InChI=1S/C20H32ClN3O2/c1-16-15-22(13-14-24(16)20(2,3)4)11-5-6-12-23(19(25)26)18-9-7-17(21)8-10-18/h7-10,16H,5-6,11-15H2,1-4H3,(H,25,26)/p-1. The number of anilines is 1. The van der Waals surface area contributed by atoms with Gasteiger partial charge in [0.05, 0.1) is 0 Å². The van der Waals surface area contributed by atoms with Gasteiger partial charge in [-0.25, -0.2) is 0 Å². The molecule has 1 heterocycles. The van der Waals surface area contributed by atoms with Gasteiger partial charge >= 0.3 is 0 Å². The monoisotopic (exact) mass is 380 g/mol. The highest BCUT2D eigenvalue weighted by molar-refractivity contribution is 6.30. The molecular weight excluding hydrogens is 350 g/mol. The lowest BCUT2D eigenvalue weighted by atomic mass is 10.0. The Morgan fingerprint density at radius 2 is 1.88 bits per heavy atom. The molecule has 2 rings (SSSR count). The van der Waals surface area contributed by atoms with Crippen molar-refractivity contribution >= 4 is 23.4 Å². The van der Waals surface area contributed by atoms with Crippen LogP contribution in [0.2, 0.25) is 5.02 Å². The van der Waals surface area contributed by atoms with E-state index >= 15 is 0 Å². The Labute approximate surface area is 162 Å². The van der Waals surface area contributed by atoms with Gasteiger partial charge in [0.15, 0.2) is 0 Å². The number of amides is 1. The number of hydrogen-bond donors (Lipinski definition) is 0. The number of carboxylic acid groups (broad SMARTS) is 1. The second-order valence-electron chi connectivity index (χ2n) is 8.11. The number of rotatable bonds is 6. The number of benzene rings is 1. The minimum absolute atomic E-state index is 0.207. The summed E-state index contributed by atoms with van der Waals surface area (Å²) in [5.41, 5.74) is 0.820. The van der Waals surface area contributed by atoms with Crippen molar-refractivity contribution in [1.29, 1.82) is 0 Å². The Morgan fingerprint density at radius 1 is 1.23 bits per heavy atom. The largest absolute Gasteiger partial charge is 0.530 e. The van der Waals surface area contributed by atoms with Gasteiger partial charge in [0.2, 0.25) is 0 Å². The Morgan fingerprint density at radius 3 is 2.42 bits per heavy atom. The normalized spacial score (nSPS) is 19.5. The predicted octanol–water partition coefficient (Wildman–Crippen LogP) is 3.07. The lowest BCUT2D eigenvalue weighted by Gasteiger charge is -2.47. The molecule has 26 heavy (non-hydrogen) atoms. The van der Waals surface area contributed by atoms with Crippen LogP contribution in [0.1, 0.15) is 40.5 Å². The molecule has 0 bridgehead atoms. The van der Waals surface area contributed by atoms with Gasteiger partial charge in [0.1, 0.15) is 6.09 Å². The van der Waals surface area contributed by atoms with Gasteiger partial charge in [0, 0.05) is 48.5 Å². The van der Waals surface area contributed by atoms with Gasteiger partial charge < -0.3 is 19.7 Å². The molecule has 1 fully saturated rings. The van der Waals surface area contributed by atoms with Crippen LogP contribution in [0.5, 0.6) is 0 Å². The molecule has 1 unspecified atom stereocenters. The Bertz CT molecular complexity index is 586.